The molecule has 7 rings (SSSR count). The van der Waals surface area contributed by atoms with Gasteiger partial charge in [0.15, 0.2) is 0 Å². The van der Waals surface area contributed by atoms with E-state index in [0.29, 0.717) is 5.92 Å². The topological polar surface area (TPSA) is 88.1 Å². The summed E-state index contributed by atoms with van der Waals surface area (Å²) in [6, 6.07) is 27.0. The van der Waals surface area contributed by atoms with Gasteiger partial charge in [-0.25, -0.2) is 9.97 Å². The van der Waals surface area contributed by atoms with Gasteiger partial charge in [-0.15, -0.1) is 0 Å². The minimum Gasteiger partial charge on any atom is -0.493 e. The molecule has 0 bridgehead atoms. The first-order chi connectivity index (χ1) is 22.3. The number of anilines is 2. The number of piperidine rings is 1. The molecule has 0 spiro atoms. The first-order valence-electron chi connectivity index (χ1n) is 16.0. The first kappa shape index (κ1) is 28.9. The van der Waals surface area contributed by atoms with Crippen molar-refractivity contribution in [3.8, 4) is 5.75 Å². The Morgan fingerprint density at radius 3 is 2.36 bits per heavy atom. The fourth-order valence-corrected chi connectivity index (χ4v) is 6.32. The van der Waals surface area contributed by atoms with Crippen LogP contribution in [0.4, 0.5) is 11.5 Å². The molecule has 4 heterocycles. The highest BCUT2D eigenvalue weighted by Crippen LogP contribution is 2.26. The number of nitrogens with zero attached hydrogens (tertiary/aromatic N) is 5. The predicted octanol–water partition coefficient (Wildman–Crippen LogP) is 6.97. The zero-order chi connectivity index (χ0) is 30.3. The van der Waals surface area contributed by atoms with Gasteiger partial charge in [-0.1, -0.05) is 36.4 Å². The molecule has 6 aromatic rings. The van der Waals surface area contributed by atoms with Crippen LogP contribution in [0.15, 0.2) is 97.6 Å². The van der Waals surface area contributed by atoms with E-state index >= 15 is 0 Å². The summed E-state index contributed by atoms with van der Waals surface area (Å²) in [6.45, 7) is 5.73. The Kier molecular flexibility index (Phi) is 8.91. The van der Waals surface area contributed by atoms with Crippen molar-refractivity contribution in [2.24, 2.45) is 5.92 Å². The van der Waals surface area contributed by atoms with Crippen LogP contribution in [0, 0.1) is 5.92 Å². The lowest BCUT2D eigenvalue weighted by Gasteiger charge is -2.32. The number of benzene rings is 3. The second-order valence-corrected chi connectivity index (χ2v) is 11.8. The van der Waals surface area contributed by atoms with E-state index < -0.39 is 0 Å². The molecule has 3 aromatic carbocycles. The van der Waals surface area contributed by atoms with Gasteiger partial charge in [-0.3, -0.25) is 9.97 Å². The molecule has 0 atom stereocenters. The molecular weight excluding hydrogens is 558 g/mol. The Hall–Kier alpha value is -4.82. The lowest BCUT2D eigenvalue weighted by Crippen LogP contribution is -2.38. The molecule has 8 nitrogen and oxygen atoms in total. The van der Waals surface area contributed by atoms with Crippen LogP contribution in [0.5, 0.6) is 5.75 Å². The summed E-state index contributed by atoms with van der Waals surface area (Å²) in [7, 11) is 0. The number of ether oxygens (including phenoxy) is 1. The van der Waals surface area contributed by atoms with Crippen LogP contribution in [0.2, 0.25) is 0 Å². The molecule has 1 fully saturated rings. The first-order valence-corrected chi connectivity index (χ1v) is 16.0. The summed E-state index contributed by atoms with van der Waals surface area (Å²) in [6.07, 6.45) is 9.69. The van der Waals surface area contributed by atoms with Crippen molar-refractivity contribution >= 4 is 44.2 Å². The van der Waals surface area contributed by atoms with Crippen LogP contribution < -0.4 is 15.4 Å². The van der Waals surface area contributed by atoms with Gasteiger partial charge in [-0.2, -0.15) is 0 Å². The maximum absolute atomic E-state index is 6.27. The number of fused-ring (bicyclic) bond motifs is 3. The van der Waals surface area contributed by atoms with E-state index in [9.17, 15) is 0 Å². The van der Waals surface area contributed by atoms with E-state index in [1.54, 1.807) is 6.33 Å². The molecule has 0 aliphatic carbocycles. The largest absolute Gasteiger partial charge is 0.493 e. The van der Waals surface area contributed by atoms with Crippen molar-refractivity contribution < 1.29 is 4.74 Å². The molecular formula is C37H39N7O. The number of rotatable bonds is 12. The van der Waals surface area contributed by atoms with Crippen LogP contribution in [0.25, 0.3) is 32.7 Å². The standard InChI is InChI=1S/C37H39N7O/c1-3-9-33-30(7-1)28(13-18-38-33)6-5-17-41-37-32-12-11-29(24-36(32)42-26-43-37)45-25-27-15-21-44(22-16-27)23-20-40-35-14-19-39-34-10-4-2-8-31(34)35/h1-4,7-14,18-19,24,26-27H,5-6,15-17,20-23,25H2,(H,39,40)(H,41,42,43). The number of pyridine rings is 2. The number of aryl methyl sites for hydroxylation is 1. The molecule has 0 radical (unpaired) electrons. The van der Waals surface area contributed by atoms with Crippen molar-refractivity contribution in [2.45, 2.75) is 25.7 Å². The summed E-state index contributed by atoms with van der Waals surface area (Å²) >= 11 is 0. The van der Waals surface area contributed by atoms with Crippen molar-refractivity contribution in [1.29, 1.82) is 0 Å². The molecule has 0 unspecified atom stereocenters. The number of hydrogen-bond donors (Lipinski definition) is 2. The minimum atomic E-state index is 0.564. The highest BCUT2D eigenvalue weighted by Gasteiger charge is 2.20. The van der Waals surface area contributed by atoms with E-state index in [2.05, 4.69) is 90.1 Å². The third kappa shape index (κ3) is 6.97. The van der Waals surface area contributed by atoms with Crippen molar-refractivity contribution in [2.75, 3.05) is 50.0 Å². The predicted molar refractivity (Wildman–Crippen MR) is 183 cm³/mol. The van der Waals surface area contributed by atoms with Gasteiger partial charge >= 0.3 is 0 Å². The summed E-state index contributed by atoms with van der Waals surface area (Å²) in [4.78, 5) is 20.5. The lowest BCUT2D eigenvalue weighted by atomic mass is 9.98. The third-order valence-corrected chi connectivity index (χ3v) is 8.85. The van der Waals surface area contributed by atoms with Crippen molar-refractivity contribution in [1.82, 2.24) is 24.8 Å². The minimum absolute atomic E-state index is 0.564. The SMILES string of the molecule is c1ccc2c(CCCNc3ncnc4cc(OCC5CCN(CCNc6ccnc7ccccc67)CC5)ccc34)ccnc2c1. The van der Waals surface area contributed by atoms with Gasteiger partial charge in [-0.05, 0) is 86.7 Å². The zero-order valence-electron chi connectivity index (χ0n) is 25.5. The van der Waals surface area contributed by atoms with Gasteiger partial charge in [0.25, 0.3) is 0 Å². The maximum atomic E-state index is 6.27. The van der Waals surface area contributed by atoms with E-state index in [1.807, 2.05) is 36.7 Å². The quantitative estimate of drug-likeness (QED) is 0.146. The monoisotopic (exact) mass is 597 g/mol. The van der Waals surface area contributed by atoms with Gasteiger partial charge in [0, 0.05) is 59.9 Å². The zero-order valence-corrected chi connectivity index (χ0v) is 25.5. The van der Waals surface area contributed by atoms with E-state index in [-0.39, 0.29) is 0 Å². The number of para-hydroxylation sites is 2. The number of hydrogen-bond acceptors (Lipinski definition) is 8. The van der Waals surface area contributed by atoms with E-state index in [1.165, 1.54) is 16.3 Å². The fourth-order valence-electron chi connectivity index (χ4n) is 6.32. The van der Waals surface area contributed by atoms with Crippen molar-refractivity contribution in [3.05, 3.63) is 103 Å². The molecule has 0 amide bonds. The molecule has 3 aromatic heterocycles. The fraction of sp³-hybridized carbons (Fsp3) is 0.297. The Balaban J connectivity index is 0.856. The number of aromatic nitrogens is 4. The van der Waals surface area contributed by atoms with E-state index in [0.717, 1.165) is 104 Å². The molecule has 228 valence electrons. The van der Waals surface area contributed by atoms with E-state index in [4.69, 9.17) is 4.74 Å². The van der Waals surface area contributed by atoms with Gasteiger partial charge in [0.1, 0.15) is 17.9 Å². The summed E-state index contributed by atoms with van der Waals surface area (Å²) in [5.74, 6) is 2.30. The highest BCUT2D eigenvalue weighted by molar-refractivity contribution is 5.91. The summed E-state index contributed by atoms with van der Waals surface area (Å²) in [5.41, 5.74) is 5.46. The number of nitrogens with one attached hydrogen (secondary N) is 2. The molecule has 45 heavy (non-hydrogen) atoms. The second-order valence-electron chi connectivity index (χ2n) is 11.8. The average molecular weight is 598 g/mol. The molecule has 1 aliphatic rings. The van der Waals surface area contributed by atoms with Gasteiger partial charge in [0.2, 0.25) is 0 Å². The third-order valence-electron chi connectivity index (χ3n) is 8.85. The Morgan fingerprint density at radius 1 is 0.711 bits per heavy atom. The maximum Gasteiger partial charge on any atom is 0.137 e. The molecule has 1 saturated heterocycles. The van der Waals surface area contributed by atoms with Gasteiger partial charge < -0.3 is 20.3 Å². The summed E-state index contributed by atoms with van der Waals surface area (Å²) in [5, 5.41) is 10.6. The molecule has 2 N–H and O–H groups in total. The van der Waals surface area contributed by atoms with Crippen LogP contribution in [0.1, 0.15) is 24.8 Å². The van der Waals surface area contributed by atoms with Crippen molar-refractivity contribution in [3.63, 3.8) is 0 Å². The Morgan fingerprint density at radius 2 is 1.49 bits per heavy atom. The average Bonchev–Trinajstić information content (AvgIpc) is 3.10. The van der Waals surface area contributed by atoms with Crippen LogP contribution in [-0.4, -0.2) is 64.2 Å². The Bertz CT molecular complexity index is 1880. The normalized spacial score (nSPS) is 14.2. The molecule has 1 aliphatic heterocycles. The smallest absolute Gasteiger partial charge is 0.137 e. The van der Waals surface area contributed by atoms with Crippen LogP contribution >= 0.6 is 0 Å². The number of likely N-dealkylation sites (tertiary alicyclic amines) is 1. The molecule has 8 heteroatoms. The van der Waals surface area contributed by atoms with Crippen LogP contribution in [0.3, 0.4) is 0 Å². The van der Waals surface area contributed by atoms with Gasteiger partial charge in [0.05, 0.1) is 23.2 Å². The lowest BCUT2D eigenvalue weighted by molar-refractivity contribution is 0.145. The Labute approximate surface area is 263 Å². The highest BCUT2D eigenvalue weighted by atomic mass is 16.5. The second kappa shape index (κ2) is 13.9. The van der Waals surface area contributed by atoms with Crippen LogP contribution in [-0.2, 0) is 6.42 Å². The summed E-state index contributed by atoms with van der Waals surface area (Å²) < 4.78 is 6.27. The molecule has 0 saturated carbocycles.